The van der Waals surface area contributed by atoms with Crippen molar-refractivity contribution in [1.29, 1.82) is 0 Å². The molecule has 0 saturated heterocycles. The minimum atomic E-state index is -0.616. The lowest BCUT2D eigenvalue weighted by Crippen LogP contribution is -2.30. The van der Waals surface area contributed by atoms with Gasteiger partial charge in [-0.3, -0.25) is 9.59 Å². The van der Waals surface area contributed by atoms with Gasteiger partial charge in [0.15, 0.2) is 11.5 Å². The van der Waals surface area contributed by atoms with Gasteiger partial charge in [-0.25, -0.2) is 0 Å². The fraction of sp³-hybridized carbons (Fsp3) is 0.200. The van der Waals surface area contributed by atoms with Crippen LogP contribution < -0.4 is 19.5 Å². The summed E-state index contributed by atoms with van der Waals surface area (Å²) in [6.45, 7) is 0. The van der Waals surface area contributed by atoms with Crippen LogP contribution in [0, 0.1) is 0 Å². The van der Waals surface area contributed by atoms with E-state index in [1.807, 2.05) is 30.3 Å². The van der Waals surface area contributed by atoms with Crippen LogP contribution in [0.4, 0.5) is 0 Å². The van der Waals surface area contributed by atoms with Crippen LogP contribution in [0.3, 0.4) is 0 Å². The van der Waals surface area contributed by atoms with Crippen molar-refractivity contribution in [2.75, 3.05) is 21.3 Å². The highest BCUT2D eigenvalue weighted by Gasteiger charge is 2.21. The van der Waals surface area contributed by atoms with Gasteiger partial charge in [0.05, 0.1) is 33.8 Å². The molecule has 32 heavy (non-hydrogen) atoms. The summed E-state index contributed by atoms with van der Waals surface area (Å²) >= 11 is 0. The first-order valence-corrected chi connectivity index (χ1v) is 9.96. The number of carbonyl (C=O) groups is 2. The summed E-state index contributed by atoms with van der Waals surface area (Å²) in [6.07, 6.45) is -0.0348. The zero-order valence-corrected chi connectivity index (χ0v) is 18.2. The topological polar surface area (TPSA) is 83.1 Å². The summed E-state index contributed by atoms with van der Waals surface area (Å²) in [4.78, 5) is 24.8. The van der Waals surface area contributed by atoms with E-state index in [9.17, 15) is 9.59 Å². The normalized spacial score (nSPS) is 11.2. The molecule has 1 amide bonds. The zero-order chi connectivity index (χ0) is 22.9. The summed E-state index contributed by atoms with van der Waals surface area (Å²) in [5.74, 6) is 1.58. The molecule has 0 saturated carbocycles. The highest BCUT2D eigenvalue weighted by atomic mass is 16.5. The molecule has 7 nitrogen and oxygen atoms in total. The van der Waals surface area contributed by atoms with Crippen LogP contribution in [-0.4, -0.2) is 33.2 Å². The predicted molar refractivity (Wildman–Crippen MR) is 119 cm³/mol. The quantitative estimate of drug-likeness (QED) is 0.497. The van der Waals surface area contributed by atoms with Gasteiger partial charge < -0.3 is 24.3 Å². The third-order valence-electron chi connectivity index (χ3n) is 4.81. The molecule has 0 aliphatic rings. The summed E-state index contributed by atoms with van der Waals surface area (Å²) < 4.78 is 21.2. The number of nitrogens with one attached hydrogen (secondary N) is 1. The average molecular weight is 435 g/mol. The Morgan fingerprint density at radius 3 is 2.09 bits per heavy atom. The lowest BCUT2D eigenvalue weighted by Gasteiger charge is -2.20. The van der Waals surface area contributed by atoms with Crippen molar-refractivity contribution < 1.29 is 28.5 Å². The lowest BCUT2D eigenvalue weighted by molar-refractivity contribution is -0.141. The highest BCUT2D eigenvalue weighted by Crippen LogP contribution is 2.31. The summed E-state index contributed by atoms with van der Waals surface area (Å²) in [7, 11) is 4.37. The van der Waals surface area contributed by atoms with Gasteiger partial charge in [0, 0.05) is 5.56 Å². The number of methoxy groups -OCH3 is 3. The first-order valence-electron chi connectivity index (χ1n) is 9.96. The maximum Gasteiger partial charge on any atom is 0.307 e. The molecule has 1 N–H and O–H groups in total. The van der Waals surface area contributed by atoms with E-state index in [-0.39, 0.29) is 12.3 Å². The van der Waals surface area contributed by atoms with Crippen molar-refractivity contribution in [3.8, 4) is 23.0 Å². The number of rotatable bonds is 9. The second-order valence-electron chi connectivity index (χ2n) is 6.86. The average Bonchev–Trinajstić information content (AvgIpc) is 2.84. The Kier molecular flexibility index (Phi) is 7.70. The number of ether oxygens (including phenoxy) is 4. The van der Waals surface area contributed by atoms with E-state index in [0.717, 1.165) is 0 Å². The number of hydrogen-bond donors (Lipinski definition) is 1. The first kappa shape index (κ1) is 22.7. The summed E-state index contributed by atoms with van der Waals surface area (Å²) in [6, 6.07) is 20.7. The van der Waals surface area contributed by atoms with Crippen LogP contribution >= 0.6 is 0 Å². The molecule has 0 radical (unpaired) electrons. The molecular formula is C25H25NO6. The van der Waals surface area contributed by atoms with Crippen LogP contribution in [0.5, 0.6) is 23.0 Å². The smallest absolute Gasteiger partial charge is 0.307 e. The Morgan fingerprint density at radius 1 is 0.812 bits per heavy atom. The van der Waals surface area contributed by atoms with Crippen LogP contribution in [0.15, 0.2) is 72.8 Å². The summed E-state index contributed by atoms with van der Waals surface area (Å²) in [5.41, 5.74) is 1.12. The molecular weight excluding hydrogens is 410 g/mol. The number of amides is 1. The Hall–Kier alpha value is -4.00. The standard InChI is InChI=1S/C25H25NO6/c1-29-22-14-11-18(15-23(22)30-2)21(16-24(27)31-3)26-25(28)17-9-12-20(13-10-17)32-19-7-5-4-6-8-19/h4-15,21H,16H2,1-3H3,(H,26,28). The summed E-state index contributed by atoms with van der Waals surface area (Å²) in [5, 5.41) is 2.90. The largest absolute Gasteiger partial charge is 0.493 e. The van der Waals surface area contributed by atoms with Gasteiger partial charge in [-0.2, -0.15) is 0 Å². The molecule has 0 aliphatic heterocycles. The third-order valence-corrected chi connectivity index (χ3v) is 4.81. The molecule has 3 aromatic carbocycles. The van der Waals surface area contributed by atoms with E-state index in [1.165, 1.54) is 21.3 Å². The maximum atomic E-state index is 12.9. The Morgan fingerprint density at radius 2 is 1.47 bits per heavy atom. The van der Waals surface area contributed by atoms with Gasteiger partial charge in [-0.05, 0) is 54.1 Å². The minimum absolute atomic E-state index is 0.0348. The Balaban J connectivity index is 1.77. The van der Waals surface area contributed by atoms with Gasteiger partial charge in [0.2, 0.25) is 0 Å². The van der Waals surface area contributed by atoms with Crippen molar-refractivity contribution in [3.05, 3.63) is 83.9 Å². The van der Waals surface area contributed by atoms with E-state index >= 15 is 0 Å². The molecule has 166 valence electrons. The van der Waals surface area contributed by atoms with Crippen molar-refractivity contribution in [3.63, 3.8) is 0 Å². The second kappa shape index (κ2) is 10.9. The number of hydrogen-bond acceptors (Lipinski definition) is 6. The van der Waals surface area contributed by atoms with Crippen LogP contribution in [0.2, 0.25) is 0 Å². The molecule has 0 bridgehead atoms. The monoisotopic (exact) mass is 435 g/mol. The molecule has 1 unspecified atom stereocenters. The number of esters is 1. The van der Waals surface area contributed by atoms with Crippen LogP contribution in [-0.2, 0) is 9.53 Å². The van der Waals surface area contributed by atoms with E-state index in [0.29, 0.717) is 34.1 Å². The number of carbonyl (C=O) groups excluding carboxylic acids is 2. The second-order valence-corrected chi connectivity index (χ2v) is 6.86. The minimum Gasteiger partial charge on any atom is -0.493 e. The maximum absolute atomic E-state index is 12.9. The molecule has 0 fully saturated rings. The van der Waals surface area contributed by atoms with Crippen molar-refractivity contribution in [1.82, 2.24) is 5.32 Å². The van der Waals surface area contributed by atoms with Crippen molar-refractivity contribution >= 4 is 11.9 Å². The molecule has 7 heteroatoms. The number of benzene rings is 3. The van der Waals surface area contributed by atoms with Gasteiger partial charge >= 0.3 is 5.97 Å². The molecule has 0 aliphatic carbocycles. The van der Waals surface area contributed by atoms with E-state index < -0.39 is 12.0 Å². The fourth-order valence-electron chi connectivity index (χ4n) is 3.11. The molecule has 0 aromatic heterocycles. The number of para-hydroxylation sites is 1. The van der Waals surface area contributed by atoms with E-state index in [4.69, 9.17) is 18.9 Å². The molecule has 3 aromatic rings. The third kappa shape index (κ3) is 5.78. The SMILES string of the molecule is COC(=O)CC(NC(=O)c1ccc(Oc2ccccc2)cc1)c1ccc(OC)c(OC)c1. The van der Waals surface area contributed by atoms with Crippen molar-refractivity contribution in [2.45, 2.75) is 12.5 Å². The lowest BCUT2D eigenvalue weighted by atomic mass is 10.0. The van der Waals surface area contributed by atoms with Gasteiger partial charge in [-0.1, -0.05) is 24.3 Å². The van der Waals surface area contributed by atoms with Crippen molar-refractivity contribution in [2.24, 2.45) is 0 Å². The molecule has 3 rings (SSSR count). The molecule has 0 spiro atoms. The van der Waals surface area contributed by atoms with Gasteiger partial charge in [0.25, 0.3) is 5.91 Å². The molecule has 1 atom stereocenters. The van der Waals surface area contributed by atoms with Gasteiger partial charge in [-0.15, -0.1) is 0 Å². The van der Waals surface area contributed by atoms with E-state index in [2.05, 4.69) is 5.32 Å². The highest BCUT2D eigenvalue weighted by molar-refractivity contribution is 5.94. The zero-order valence-electron chi connectivity index (χ0n) is 18.2. The predicted octanol–water partition coefficient (Wildman–Crippen LogP) is 4.53. The Bertz CT molecular complexity index is 1050. The first-order chi connectivity index (χ1) is 15.5. The van der Waals surface area contributed by atoms with Crippen LogP contribution in [0.1, 0.15) is 28.4 Å². The molecule has 0 heterocycles. The fourth-order valence-corrected chi connectivity index (χ4v) is 3.11. The van der Waals surface area contributed by atoms with Crippen LogP contribution in [0.25, 0.3) is 0 Å². The van der Waals surface area contributed by atoms with Gasteiger partial charge in [0.1, 0.15) is 11.5 Å². The van der Waals surface area contributed by atoms with E-state index in [1.54, 1.807) is 42.5 Å². The Labute approximate surface area is 186 Å².